The molecule has 0 saturated carbocycles. The lowest BCUT2D eigenvalue weighted by molar-refractivity contribution is 0.104. The summed E-state index contributed by atoms with van der Waals surface area (Å²) in [6.07, 6.45) is 1.23. The Morgan fingerprint density at radius 2 is 1.46 bits per heavy atom. The molecule has 0 aliphatic heterocycles. The predicted molar refractivity (Wildman–Crippen MR) is 116 cm³/mol. The summed E-state index contributed by atoms with van der Waals surface area (Å²) in [5, 5.41) is 8.72. The number of carbonyl (C=O) groups excluding carboxylic acids is 3. The predicted octanol–water partition coefficient (Wildman–Crippen LogP) is 3.78. The molecule has 150 valence electrons. The molecule has 0 unspecified atom stereocenters. The zero-order valence-electron chi connectivity index (χ0n) is 15.3. The Labute approximate surface area is 174 Å². The number of hydrogen-bond donors (Lipinski definition) is 5. The van der Waals surface area contributed by atoms with Crippen molar-refractivity contribution in [3.63, 3.8) is 0 Å². The quantitative estimate of drug-likeness (QED) is 0.221. The number of carbonyl (C=O) groups is 3. The minimum absolute atomic E-state index is 0.0329. The lowest BCUT2D eigenvalue weighted by atomic mass is 10.1. The Hall–Kier alpha value is -2.91. The van der Waals surface area contributed by atoms with Crippen molar-refractivity contribution in [1.29, 1.82) is 0 Å². The van der Waals surface area contributed by atoms with Crippen LogP contribution in [0.25, 0.3) is 5.76 Å². The van der Waals surface area contributed by atoms with E-state index in [0.29, 0.717) is 16.9 Å². The van der Waals surface area contributed by atoms with Crippen LogP contribution in [0.1, 0.15) is 21.5 Å². The highest BCUT2D eigenvalue weighted by atomic mass is 32.1. The zero-order valence-corrected chi connectivity index (χ0v) is 17.1. The van der Waals surface area contributed by atoms with E-state index < -0.39 is 10.5 Å². The lowest BCUT2D eigenvalue weighted by Gasteiger charge is -2.03. The van der Waals surface area contributed by atoms with Crippen molar-refractivity contribution < 1.29 is 24.2 Å². The van der Waals surface area contributed by atoms with Crippen molar-refractivity contribution in [2.75, 3.05) is 7.11 Å². The molecule has 0 spiro atoms. The number of hydrogen-bond acceptors (Lipinski definition) is 5. The van der Waals surface area contributed by atoms with Crippen molar-refractivity contribution >= 4 is 47.3 Å². The van der Waals surface area contributed by atoms with E-state index in [0.717, 1.165) is 5.56 Å². The smallest absolute Gasteiger partial charge is 0.273 e. The molecule has 0 atom stereocenters. The normalized spacial score (nSPS) is 9.79. The lowest BCUT2D eigenvalue weighted by Crippen LogP contribution is -1.97. The Bertz CT molecular complexity index is 816. The molecule has 5 N–H and O–H groups in total. The standard InChI is InChI=1S/C17H16O3.2CH3NOS/c1-12-4-3-5-14(10-12)17(19)11-16(18)13-6-8-15(20-2)9-7-13;2*2-1(3)4/h3-11,19H,1-2H3;2*(H3,2,3,4). The van der Waals surface area contributed by atoms with Crippen LogP contribution in [0, 0.1) is 6.92 Å². The monoisotopic (exact) mass is 422 g/mol. The van der Waals surface area contributed by atoms with Gasteiger partial charge in [-0.25, -0.2) is 0 Å². The van der Waals surface area contributed by atoms with E-state index in [-0.39, 0.29) is 11.5 Å². The molecule has 0 aliphatic rings. The number of thiol groups is 2. The van der Waals surface area contributed by atoms with Crippen LogP contribution >= 0.6 is 25.3 Å². The van der Waals surface area contributed by atoms with Gasteiger partial charge in [0.2, 0.25) is 0 Å². The highest BCUT2D eigenvalue weighted by Crippen LogP contribution is 2.16. The topological polar surface area (TPSA) is 133 Å². The summed E-state index contributed by atoms with van der Waals surface area (Å²) in [6.45, 7) is 1.93. The second kappa shape index (κ2) is 13.3. The van der Waals surface area contributed by atoms with Crippen LogP contribution in [0.3, 0.4) is 0 Å². The fourth-order valence-electron chi connectivity index (χ4n) is 1.85. The summed E-state index contributed by atoms with van der Waals surface area (Å²) in [4.78, 5) is 30.2. The molecule has 0 bridgehead atoms. The van der Waals surface area contributed by atoms with Gasteiger partial charge in [0.05, 0.1) is 7.11 Å². The third-order valence-corrected chi connectivity index (χ3v) is 2.96. The molecule has 0 aliphatic carbocycles. The van der Waals surface area contributed by atoms with Gasteiger partial charge in [-0.3, -0.25) is 14.4 Å². The van der Waals surface area contributed by atoms with Gasteiger partial charge < -0.3 is 21.3 Å². The molecule has 9 heteroatoms. The molecule has 2 rings (SSSR count). The van der Waals surface area contributed by atoms with E-state index in [1.807, 2.05) is 25.1 Å². The minimum atomic E-state index is -0.639. The number of allylic oxidation sites excluding steroid dienone is 1. The van der Waals surface area contributed by atoms with Gasteiger partial charge in [0.25, 0.3) is 10.5 Å². The van der Waals surface area contributed by atoms with Crippen LogP contribution in [0.5, 0.6) is 5.75 Å². The third kappa shape index (κ3) is 11.7. The molecule has 28 heavy (non-hydrogen) atoms. The average Bonchev–Trinajstić information content (AvgIpc) is 2.60. The van der Waals surface area contributed by atoms with Crippen molar-refractivity contribution in [3.8, 4) is 5.75 Å². The van der Waals surface area contributed by atoms with E-state index in [4.69, 9.17) is 14.3 Å². The summed E-state index contributed by atoms with van der Waals surface area (Å²) in [6, 6.07) is 14.1. The SMILES string of the molecule is COc1ccc(C(=O)C=C(O)c2cccc(C)c2)cc1.NC(=O)S.NC(=O)S. The van der Waals surface area contributed by atoms with Gasteiger partial charge >= 0.3 is 0 Å². The van der Waals surface area contributed by atoms with E-state index in [1.165, 1.54) is 6.08 Å². The first-order valence-corrected chi connectivity index (χ1v) is 8.59. The highest BCUT2D eigenvalue weighted by Gasteiger charge is 2.06. The molecule has 0 heterocycles. The number of ether oxygens (including phenoxy) is 1. The first kappa shape index (κ1) is 25.1. The van der Waals surface area contributed by atoms with Crippen LogP contribution in [0.15, 0.2) is 54.6 Å². The van der Waals surface area contributed by atoms with Crippen molar-refractivity contribution in [3.05, 3.63) is 71.3 Å². The minimum Gasteiger partial charge on any atom is -0.507 e. The molecule has 7 nitrogen and oxygen atoms in total. The number of benzene rings is 2. The van der Waals surface area contributed by atoms with Crippen LogP contribution in [-0.2, 0) is 0 Å². The maximum Gasteiger partial charge on any atom is 0.273 e. The van der Waals surface area contributed by atoms with Gasteiger partial charge in [-0.05, 0) is 37.3 Å². The van der Waals surface area contributed by atoms with Crippen LogP contribution in [0.4, 0.5) is 9.59 Å². The fourth-order valence-corrected chi connectivity index (χ4v) is 1.85. The number of aryl methyl sites for hydroxylation is 1. The Balaban J connectivity index is 0.000000776. The van der Waals surface area contributed by atoms with Crippen LogP contribution in [-0.4, -0.2) is 28.5 Å². The number of methoxy groups -OCH3 is 1. The zero-order chi connectivity index (χ0) is 21.7. The second-order valence-corrected chi connectivity index (χ2v) is 6.05. The average molecular weight is 423 g/mol. The third-order valence-electron chi connectivity index (χ3n) is 2.96. The Morgan fingerprint density at radius 1 is 0.964 bits per heavy atom. The largest absolute Gasteiger partial charge is 0.507 e. The molecule has 0 fully saturated rings. The van der Waals surface area contributed by atoms with E-state index in [2.05, 4.69) is 36.7 Å². The summed E-state index contributed by atoms with van der Waals surface area (Å²) in [7, 11) is 1.57. The van der Waals surface area contributed by atoms with Crippen LogP contribution < -0.4 is 16.2 Å². The number of primary amides is 2. The molecule has 0 radical (unpaired) electrons. The number of aliphatic hydroxyl groups is 1. The Kier molecular flexibility index (Phi) is 11.9. The van der Waals surface area contributed by atoms with Gasteiger partial charge in [-0.15, -0.1) is 0 Å². The molecule has 0 saturated heterocycles. The summed E-state index contributed by atoms with van der Waals surface area (Å²) >= 11 is 6.21. The van der Waals surface area contributed by atoms with Gasteiger partial charge in [0.1, 0.15) is 11.5 Å². The Morgan fingerprint density at radius 3 is 1.89 bits per heavy atom. The van der Waals surface area contributed by atoms with Gasteiger partial charge in [0.15, 0.2) is 5.78 Å². The maximum atomic E-state index is 12.0. The van der Waals surface area contributed by atoms with Crippen molar-refractivity contribution in [1.82, 2.24) is 0 Å². The fraction of sp³-hybridized carbons (Fsp3) is 0.105. The second-order valence-electron chi connectivity index (χ2n) is 5.17. The first-order chi connectivity index (χ1) is 13.1. The highest BCUT2D eigenvalue weighted by molar-refractivity contribution is 7.96. The number of aliphatic hydroxyl groups excluding tert-OH is 1. The molecular formula is C19H22N2O5S2. The summed E-state index contributed by atoms with van der Waals surface area (Å²) < 4.78 is 5.04. The van der Waals surface area contributed by atoms with Gasteiger partial charge in [0, 0.05) is 17.2 Å². The van der Waals surface area contributed by atoms with E-state index in [1.54, 1.807) is 37.4 Å². The van der Waals surface area contributed by atoms with E-state index >= 15 is 0 Å². The number of rotatable bonds is 4. The molecular weight excluding hydrogens is 400 g/mol. The molecule has 2 aromatic carbocycles. The van der Waals surface area contributed by atoms with Crippen LogP contribution in [0.2, 0.25) is 0 Å². The molecule has 0 aromatic heterocycles. The maximum absolute atomic E-state index is 12.0. The summed E-state index contributed by atoms with van der Waals surface area (Å²) in [5.74, 6) is 0.412. The molecule has 2 aromatic rings. The first-order valence-electron chi connectivity index (χ1n) is 7.69. The number of amides is 2. The molecule has 2 amide bonds. The van der Waals surface area contributed by atoms with E-state index in [9.17, 15) is 9.90 Å². The van der Waals surface area contributed by atoms with Gasteiger partial charge in [-0.1, -0.05) is 49.0 Å². The number of nitrogens with two attached hydrogens (primary N) is 2. The number of ketones is 1. The van der Waals surface area contributed by atoms with Gasteiger partial charge in [-0.2, -0.15) is 0 Å². The van der Waals surface area contributed by atoms with Crippen molar-refractivity contribution in [2.24, 2.45) is 11.5 Å². The van der Waals surface area contributed by atoms with Crippen molar-refractivity contribution in [2.45, 2.75) is 6.92 Å². The summed E-state index contributed by atoms with van der Waals surface area (Å²) in [5.41, 5.74) is 10.8.